The molecule has 1 nitrogen and oxygen atoms in total. The van der Waals surface area contributed by atoms with Gasteiger partial charge in [-0.3, -0.25) is 0 Å². The number of fused-ring (bicyclic) bond motifs is 14. The molecule has 97 heavy (non-hydrogen) atoms. The molecule has 0 aliphatic heterocycles. The van der Waals surface area contributed by atoms with Crippen molar-refractivity contribution in [1.82, 2.24) is 0 Å². The highest BCUT2D eigenvalue weighted by Crippen LogP contribution is 2.55. The Hall–Kier alpha value is -9.16. The summed E-state index contributed by atoms with van der Waals surface area (Å²) in [5.74, 6) is 0. The summed E-state index contributed by atoms with van der Waals surface area (Å²) in [5.41, 5.74) is 33.3. The molecule has 0 radical (unpaired) electrons. The van der Waals surface area contributed by atoms with Crippen LogP contribution in [0.3, 0.4) is 0 Å². The fraction of sp³-hybridized carbons (Fsp3) is 0.140. The maximum absolute atomic E-state index is 3.70. The first-order valence-corrected chi connectivity index (χ1v) is 36.2. The van der Waals surface area contributed by atoms with E-state index in [2.05, 4.69) is 399 Å². The SMILES string of the molecule is CC1(C)c2cc(Br)ccc2-c2ccc(-c3ccc(Br)cc3)cc21.CC1(C)c2cc(Br)ccc2-c2ccc(-c3ccc(N(c4ccc5c(c4)C(C)(C)c4ccccc4-5)c4cccc5ccccc45)cc3)cc21.CC1(C)c2ccccc2-c2ccc(Cc3cccc4ccccc34)cc21. The summed E-state index contributed by atoms with van der Waals surface area (Å²) < 4.78 is 3.38. The topological polar surface area (TPSA) is 3.24 Å². The molecule has 0 unspecified atom stereocenters. The molecule has 0 amide bonds. The lowest BCUT2D eigenvalue weighted by molar-refractivity contribution is 0.659. The normalized spacial score (nSPS) is 14.5. The Balaban J connectivity index is 0.000000126. The van der Waals surface area contributed by atoms with Crippen molar-refractivity contribution in [3.63, 3.8) is 0 Å². The van der Waals surface area contributed by atoms with Crippen LogP contribution in [0.5, 0.6) is 0 Å². The van der Waals surface area contributed by atoms with Gasteiger partial charge in [0.1, 0.15) is 0 Å². The minimum atomic E-state index is -0.0761. The van der Waals surface area contributed by atoms with E-state index in [9.17, 15) is 0 Å². The van der Waals surface area contributed by atoms with Crippen LogP contribution < -0.4 is 4.90 Å². The van der Waals surface area contributed by atoms with E-state index in [1.807, 2.05) is 0 Å². The molecule has 0 fully saturated rings. The fourth-order valence-electron chi connectivity index (χ4n) is 16.4. The van der Waals surface area contributed by atoms with Crippen molar-refractivity contribution in [2.75, 3.05) is 4.90 Å². The first kappa shape index (κ1) is 62.6. The number of halogens is 3. The van der Waals surface area contributed by atoms with Crippen LogP contribution in [-0.4, -0.2) is 0 Å². The summed E-state index contributed by atoms with van der Waals surface area (Å²) in [7, 11) is 0. The van der Waals surface area contributed by atoms with Gasteiger partial charge in [-0.05, 0) is 224 Å². The van der Waals surface area contributed by atoms with Gasteiger partial charge in [0, 0.05) is 51.8 Å². The van der Waals surface area contributed by atoms with Crippen LogP contribution in [0.15, 0.2) is 305 Å². The molecule has 0 saturated heterocycles. The van der Waals surface area contributed by atoms with Crippen LogP contribution in [0.1, 0.15) is 111 Å². The summed E-state index contributed by atoms with van der Waals surface area (Å²) in [6, 6.07) is 107. The predicted octanol–water partition coefficient (Wildman–Crippen LogP) is 27.3. The molecule has 0 aromatic heterocycles. The summed E-state index contributed by atoms with van der Waals surface area (Å²) in [6.07, 6.45) is 0.973. The summed E-state index contributed by atoms with van der Waals surface area (Å²) in [4.78, 5) is 2.44. The smallest absolute Gasteiger partial charge is 0.0540 e. The lowest BCUT2D eigenvalue weighted by atomic mass is 9.81. The van der Waals surface area contributed by atoms with Crippen molar-refractivity contribution < 1.29 is 0 Å². The van der Waals surface area contributed by atoms with Gasteiger partial charge in [-0.15, -0.1) is 0 Å². The number of anilines is 3. The highest BCUT2D eigenvalue weighted by molar-refractivity contribution is 9.11. The molecule has 18 rings (SSSR count). The van der Waals surface area contributed by atoms with Gasteiger partial charge in [0.05, 0.1) is 5.69 Å². The molecule has 0 heterocycles. The maximum Gasteiger partial charge on any atom is 0.0540 e. The standard InChI is InChI=1S/C46H36BrN.C26H22.C21H16Br2/c1-45(2)40-14-8-7-13-36(40)39-25-22-34(28-43(39)45)48(44-15-9-11-30-10-5-6-12-35(30)44)33-20-16-29(17-21-33)31-18-23-37-38-24-19-32(47)27-42(38)46(3,4)41(37)26-31;1-26(2)24-13-6-5-12-22(24)23-15-14-18(17-25(23)26)16-20-10-7-9-19-8-3-4-11-21(19)20;1-21(2)19-11-14(13-3-6-15(22)7-4-13)5-9-17(19)18-10-8-16(23)12-20(18)21/h5-28H,1-4H3;3-15,17H,16H2,1-2H3;3-12H,1-2H3. The molecule has 14 aromatic rings. The van der Waals surface area contributed by atoms with Crippen LogP contribution in [0, 0.1) is 0 Å². The summed E-state index contributed by atoms with van der Waals surface area (Å²) >= 11 is 10.8. The maximum atomic E-state index is 3.70. The van der Waals surface area contributed by atoms with Crippen molar-refractivity contribution in [3.05, 3.63) is 360 Å². The van der Waals surface area contributed by atoms with Crippen LogP contribution in [0.2, 0.25) is 0 Å². The molecule has 0 N–H and O–H groups in total. The Morgan fingerprint density at radius 1 is 0.258 bits per heavy atom. The third-order valence-corrected chi connectivity index (χ3v) is 23.2. The molecule has 0 spiro atoms. The van der Waals surface area contributed by atoms with Gasteiger partial charge in [0.2, 0.25) is 0 Å². The molecule has 4 aliphatic carbocycles. The molecule has 14 aromatic carbocycles. The quantitative estimate of drug-likeness (QED) is 0.154. The molecule has 4 heteroatoms. The second-order valence-electron chi connectivity index (χ2n) is 28.8. The van der Waals surface area contributed by atoms with Gasteiger partial charge in [-0.2, -0.15) is 0 Å². The van der Waals surface area contributed by atoms with E-state index < -0.39 is 0 Å². The monoisotopic (exact) mass is 1440 g/mol. The Bertz CT molecular complexity index is 5460. The predicted molar refractivity (Wildman–Crippen MR) is 422 cm³/mol. The lowest BCUT2D eigenvalue weighted by Gasteiger charge is -2.29. The Labute approximate surface area is 597 Å². The van der Waals surface area contributed by atoms with E-state index in [-0.39, 0.29) is 21.7 Å². The minimum Gasteiger partial charge on any atom is -0.310 e. The van der Waals surface area contributed by atoms with Gasteiger partial charge in [-0.1, -0.05) is 316 Å². The third kappa shape index (κ3) is 10.8. The molecule has 0 saturated carbocycles. The molecular formula is C93H74Br3N. The number of nitrogens with zero attached hydrogens (tertiary/aromatic N) is 1. The lowest BCUT2D eigenvalue weighted by Crippen LogP contribution is -2.16. The third-order valence-electron chi connectivity index (χ3n) is 21.7. The zero-order valence-electron chi connectivity index (χ0n) is 56.0. The second kappa shape index (κ2) is 24.1. The zero-order valence-corrected chi connectivity index (χ0v) is 60.8. The first-order chi connectivity index (χ1) is 46.8. The summed E-state index contributed by atoms with van der Waals surface area (Å²) in [6.45, 7) is 18.7. The van der Waals surface area contributed by atoms with Crippen molar-refractivity contribution in [1.29, 1.82) is 0 Å². The van der Waals surface area contributed by atoms with E-state index in [0.717, 1.165) is 25.5 Å². The largest absolute Gasteiger partial charge is 0.310 e. The Kier molecular flexibility index (Phi) is 15.6. The van der Waals surface area contributed by atoms with Crippen LogP contribution >= 0.6 is 47.8 Å². The Morgan fingerprint density at radius 3 is 1.18 bits per heavy atom. The molecule has 0 atom stereocenters. The Morgan fingerprint density at radius 2 is 0.619 bits per heavy atom. The van der Waals surface area contributed by atoms with Gasteiger partial charge < -0.3 is 4.90 Å². The molecule has 4 aliphatic rings. The highest BCUT2D eigenvalue weighted by atomic mass is 79.9. The van der Waals surface area contributed by atoms with Gasteiger partial charge in [0.15, 0.2) is 0 Å². The van der Waals surface area contributed by atoms with Crippen LogP contribution in [0.25, 0.3) is 88.3 Å². The van der Waals surface area contributed by atoms with Crippen molar-refractivity contribution in [3.8, 4) is 66.8 Å². The average Bonchev–Trinajstić information content (AvgIpc) is 1.62. The van der Waals surface area contributed by atoms with E-state index in [4.69, 9.17) is 0 Å². The zero-order chi connectivity index (χ0) is 66.7. The van der Waals surface area contributed by atoms with E-state index in [0.29, 0.717) is 0 Å². The number of hydrogen-bond donors (Lipinski definition) is 0. The highest BCUT2D eigenvalue weighted by Gasteiger charge is 2.39. The second-order valence-corrected chi connectivity index (χ2v) is 31.6. The number of rotatable bonds is 7. The van der Waals surface area contributed by atoms with Gasteiger partial charge in [0.25, 0.3) is 0 Å². The van der Waals surface area contributed by atoms with E-state index in [1.165, 1.54) is 155 Å². The average molecular weight is 1450 g/mol. The van der Waals surface area contributed by atoms with Gasteiger partial charge in [-0.25, -0.2) is 0 Å². The van der Waals surface area contributed by atoms with Crippen LogP contribution in [0.4, 0.5) is 17.1 Å². The van der Waals surface area contributed by atoms with Gasteiger partial charge >= 0.3 is 0 Å². The van der Waals surface area contributed by atoms with Crippen molar-refractivity contribution in [2.45, 2.75) is 83.5 Å². The minimum absolute atomic E-state index is 0.0276. The van der Waals surface area contributed by atoms with Crippen LogP contribution in [-0.2, 0) is 28.1 Å². The van der Waals surface area contributed by atoms with E-state index in [1.54, 1.807) is 0 Å². The fourth-order valence-corrected chi connectivity index (χ4v) is 17.4. The number of benzene rings is 14. The van der Waals surface area contributed by atoms with E-state index >= 15 is 0 Å². The van der Waals surface area contributed by atoms with Crippen molar-refractivity contribution in [2.24, 2.45) is 0 Å². The molecule has 472 valence electrons. The van der Waals surface area contributed by atoms with Crippen molar-refractivity contribution >= 4 is 86.4 Å². The molecule has 0 bridgehead atoms. The number of hydrogen-bond acceptors (Lipinski definition) is 1. The first-order valence-electron chi connectivity index (χ1n) is 33.8. The molecular weight excluding hydrogens is 1370 g/mol. The summed E-state index contributed by atoms with van der Waals surface area (Å²) in [5, 5.41) is 5.15.